The predicted octanol–water partition coefficient (Wildman–Crippen LogP) is 14.7. The van der Waals surface area contributed by atoms with E-state index in [0.717, 1.165) is 52.3 Å². The normalized spacial score (nSPS) is 17.7. The molecule has 8 unspecified atom stereocenters. The molecule has 8 atom stereocenters. The van der Waals surface area contributed by atoms with Gasteiger partial charge in [0.15, 0.2) is 6.29 Å². The Hall–Kier alpha value is -3.12. The molecule has 105 heavy (non-hydrogen) atoms. The average Bonchev–Trinajstić information content (AvgIpc) is 1.37. The third-order valence-corrected chi connectivity index (χ3v) is 25.3. The number of hydrogen-bond acceptors (Lipinski definition) is 22. The van der Waals surface area contributed by atoms with E-state index in [1.54, 1.807) is 28.4 Å². The van der Waals surface area contributed by atoms with Gasteiger partial charge in [0.05, 0.1) is 100.0 Å². The molecule has 6 N–H and O–H groups in total. The van der Waals surface area contributed by atoms with Crippen LogP contribution in [0.3, 0.4) is 0 Å². The highest BCUT2D eigenvalue weighted by atomic mass is 32.5. The van der Waals surface area contributed by atoms with Crippen LogP contribution in [0, 0.1) is 5.92 Å². The lowest BCUT2D eigenvalue weighted by molar-refractivity contribution is -0.121. The van der Waals surface area contributed by atoms with Crippen molar-refractivity contribution in [2.24, 2.45) is 5.92 Å². The van der Waals surface area contributed by atoms with Gasteiger partial charge in [0.25, 0.3) is 13.3 Å². The number of thioether (sulfide) groups is 1. The maximum absolute atomic E-state index is 12.3. The first-order valence-corrected chi connectivity index (χ1v) is 45.2. The molecule has 0 spiro atoms. The Bertz CT molecular complexity index is 3150. The summed E-state index contributed by atoms with van der Waals surface area (Å²) >= 11 is 18.9. The quantitative estimate of drug-likeness (QED) is 0.00791. The number of nitrogens with one attached hydrogen (secondary N) is 6. The van der Waals surface area contributed by atoms with Gasteiger partial charge >= 0.3 is 12.7 Å². The first kappa shape index (κ1) is 94.3. The van der Waals surface area contributed by atoms with Crippen molar-refractivity contribution in [3.05, 3.63) is 131 Å². The second-order valence-corrected chi connectivity index (χ2v) is 38.8. The fourth-order valence-electron chi connectivity index (χ4n) is 10.9. The van der Waals surface area contributed by atoms with Crippen LogP contribution in [0.5, 0.6) is 11.5 Å². The maximum atomic E-state index is 12.3. The lowest BCUT2D eigenvalue weighted by atomic mass is 9.77. The van der Waals surface area contributed by atoms with Gasteiger partial charge < -0.3 is 85.5 Å². The Morgan fingerprint density at radius 3 is 1.72 bits per heavy atom. The zero-order valence-corrected chi connectivity index (χ0v) is 71.4. The van der Waals surface area contributed by atoms with Crippen LogP contribution >= 0.6 is 31.8 Å². The SMILES string of the molecule is CCOCC(C)CNP(=S)(OCCOc1ccc(C(OC)OC)cc1)OC(C)(C)C.CCOCCNP(=S)(OCCC(CCNC(=O)CCCC1SCC2NC(=O)NC21)OC)OC(C)(C)C.COc1ccc(C(NCCOCCOP(=S)(OC(C)C)OC(C)(C)C)(c2ccccc2)c2ccccc2)cc1. The number of urea groups is 1. The Balaban J connectivity index is 0.000000336. The monoisotopic (exact) mass is 1600 g/mol. The van der Waals surface area contributed by atoms with E-state index in [9.17, 15) is 9.59 Å². The van der Waals surface area contributed by atoms with Crippen molar-refractivity contribution in [1.82, 2.24) is 31.4 Å². The first-order chi connectivity index (χ1) is 49.7. The van der Waals surface area contributed by atoms with Crippen LogP contribution in [0.25, 0.3) is 0 Å². The molecule has 0 aromatic heterocycles. The van der Waals surface area contributed by atoms with Crippen LogP contribution in [0.2, 0.25) is 0 Å². The lowest BCUT2D eigenvalue weighted by Crippen LogP contribution is -2.46. The molecule has 23 nitrogen and oxygen atoms in total. The third kappa shape index (κ3) is 37.2. The molecule has 2 heterocycles. The summed E-state index contributed by atoms with van der Waals surface area (Å²) < 4.78 is 85.9. The second-order valence-electron chi connectivity index (χ2n) is 28.2. The van der Waals surface area contributed by atoms with E-state index in [2.05, 4.69) is 99.0 Å². The molecule has 2 aliphatic heterocycles. The van der Waals surface area contributed by atoms with E-state index in [1.807, 2.05) is 150 Å². The van der Waals surface area contributed by atoms with Gasteiger partial charge in [-0.25, -0.2) is 15.0 Å². The van der Waals surface area contributed by atoms with Gasteiger partial charge in [0.2, 0.25) is 5.91 Å². The van der Waals surface area contributed by atoms with Crippen LogP contribution in [-0.4, -0.2) is 185 Å². The Morgan fingerprint density at radius 1 is 0.600 bits per heavy atom. The molecule has 2 fully saturated rings. The number of methoxy groups -OCH3 is 4. The van der Waals surface area contributed by atoms with Gasteiger partial charge in [0.1, 0.15) is 18.1 Å². The van der Waals surface area contributed by atoms with Crippen LogP contribution < -0.4 is 40.9 Å². The van der Waals surface area contributed by atoms with Gasteiger partial charge in [-0.3, -0.25) is 10.1 Å². The summed E-state index contributed by atoms with van der Waals surface area (Å²) in [6.45, 7) is 26.4. The average molecular weight is 1600 g/mol. The highest BCUT2D eigenvalue weighted by molar-refractivity contribution is 8.09. The molecule has 0 bridgehead atoms. The van der Waals surface area contributed by atoms with Crippen LogP contribution in [0.4, 0.5) is 4.79 Å². The molecule has 596 valence electrons. The van der Waals surface area contributed by atoms with E-state index in [4.69, 9.17) is 105 Å². The number of hydrogen-bond donors (Lipinski definition) is 6. The van der Waals surface area contributed by atoms with E-state index >= 15 is 0 Å². The summed E-state index contributed by atoms with van der Waals surface area (Å²) in [4.78, 5) is 23.8. The van der Waals surface area contributed by atoms with Crippen LogP contribution in [0.1, 0.15) is 158 Å². The zero-order chi connectivity index (χ0) is 77.6. The van der Waals surface area contributed by atoms with Crippen molar-refractivity contribution in [2.75, 3.05) is 126 Å². The largest absolute Gasteiger partial charge is 0.497 e. The van der Waals surface area contributed by atoms with E-state index in [0.29, 0.717) is 123 Å². The summed E-state index contributed by atoms with van der Waals surface area (Å²) in [6.07, 6.45) is 3.00. The summed E-state index contributed by atoms with van der Waals surface area (Å²) in [7, 11) is 6.55. The van der Waals surface area contributed by atoms with Crippen molar-refractivity contribution in [3.63, 3.8) is 0 Å². The number of carbonyl (C=O) groups excluding carboxylic acids is 2. The minimum atomic E-state index is -2.88. The van der Waals surface area contributed by atoms with E-state index < -0.39 is 48.6 Å². The second kappa shape index (κ2) is 48.6. The van der Waals surface area contributed by atoms with Gasteiger partial charge in [-0.15, -0.1) is 0 Å². The number of amides is 3. The van der Waals surface area contributed by atoms with Crippen molar-refractivity contribution < 1.29 is 79.2 Å². The van der Waals surface area contributed by atoms with E-state index in [1.165, 1.54) is 0 Å². The Kier molecular flexibility index (Phi) is 43.6. The fraction of sp³-hybridized carbons (Fsp3) is 0.653. The molecule has 4 aromatic rings. The van der Waals surface area contributed by atoms with Crippen LogP contribution in [0.15, 0.2) is 109 Å². The van der Waals surface area contributed by atoms with E-state index in [-0.39, 0.29) is 36.2 Å². The number of rotatable bonds is 48. The zero-order valence-electron chi connectivity index (χ0n) is 65.5. The van der Waals surface area contributed by atoms with Crippen LogP contribution in [-0.2, 0) is 106 Å². The first-order valence-electron chi connectivity index (χ1n) is 36.3. The molecule has 4 aromatic carbocycles. The lowest BCUT2D eigenvalue weighted by Gasteiger charge is -2.37. The topological polar surface area (TPSA) is 245 Å². The van der Waals surface area contributed by atoms with Gasteiger partial charge in [-0.2, -0.15) is 11.8 Å². The summed E-state index contributed by atoms with van der Waals surface area (Å²) in [5, 5.41) is 19.6. The van der Waals surface area contributed by atoms with Crippen molar-refractivity contribution >= 4 is 79.1 Å². The highest BCUT2D eigenvalue weighted by Crippen LogP contribution is 2.54. The smallest absolute Gasteiger partial charge is 0.328 e. The third-order valence-electron chi connectivity index (χ3n) is 15.4. The molecular formula is C75H125N6O17P3S4. The highest BCUT2D eigenvalue weighted by Gasteiger charge is 2.43. The number of carbonyl (C=O) groups is 2. The maximum Gasteiger partial charge on any atom is 0.328 e. The van der Waals surface area contributed by atoms with Crippen molar-refractivity contribution in [2.45, 2.75) is 187 Å². The summed E-state index contributed by atoms with van der Waals surface area (Å²) in [5.41, 5.74) is 2.40. The van der Waals surface area contributed by atoms with Crippen molar-refractivity contribution in [3.8, 4) is 11.5 Å². The Morgan fingerprint density at radius 2 is 1.16 bits per heavy atom. The van der Waals surface area contributed by atoms with Crippen molar-refractivity contribution in [1.29, 1.82) is 0 Å². The summed E-state index contributed by atoms with van der Waals surface area (Å²) in [5.74, 6) is 2.83. The molecule has 6 rings (SSSR count). The minimum Gasteiger partial charge on any atom is -0.497 e. The van der Waals surface area contributed by atoms with Gasteiger partial charge in [0, 0.05) is 83.7 Å². The molecule has 0 saturated carbocycles. The number of benzene rings is 4. The Labute approximate surface area is 648 Å². The molecule has 0 aliphatic carbocycles. The molecular weight excluding hydrogens is 1480 g/mol. The standard InChI is InChI=1S/C31H42NO5PS.C23H45N4O6PS2.C21H38NO6PS/c1-25(2)36-38(39,37-30(3,4)5)35-24-23-34-22-21-32-31(26-13-9-7-10-14-26,27-15-11-8-12-16-27)28-17-19-29(33-6)20-18-28;1-6-31-15-13-25-34(35,33-23(2,3)4)32-14-11-17(30-5)10-12-24-20(28)9-7-8-19-21-18(16-36-19)26-22(29)27-21;1-8-25-16-17(2)15-22-29(30,28-21(3,4)5)27-14-13-26-19-11-9-18(10-12-19)20(23-6)24-7/h7-20,25,32H,21-24H2,1-6H3;17-19,21H,6-16H2,1-5H3,(H,24,28)(H,25,35)(H2,26,27,29);9-12,17,20H,8,13-16H2,1-7H3,(H,22,30). The van der Waals surface area contributed by atoms with Gasteiger partial charge in [-0.05, 0) is 198 Å². The fourth-order valence-corrected chi connectivity index (χ4v) is 21.3. The van der Waals surface area contributed by atoms with Gasteiger partial charge in [-0.1, -0.05) is 91.9 Å². The molecule has 2 aliphatic rings. The predicted molar refractivity (Wildman–Crippen MR) is 433 cm³/mol. The molecule has 0 radical (unpaired) electrons. The minimum absolute atomic E-state index is 0.0433. The molecule has 2 saturated heterocycles. The molecule has 30 heteroatoms. The number of fused-ring (bicyclic) bond motifs is 1. The summed E-state index contributed by atoms with van der Waals surface area (Å²) in [6, 6.07) is 37.0. The number of ether oxygens (including phenoxy) is 8. The molecule has 3 amide bonds.